The number of tetrazole rings is 1. The molecule has 1 amide bonds. The molecule has 2 aliphatic rings. The average Bonchev–Trinajstić information content (AvgIpc) is 3.24. The predicted octanol–water partition coefficient (Wildman–Crippen LogP) is 3.32. The van der Waals surface area contributed by atoms with E-state index in [0.29, 0.717) is 25.1 Å². The van der Waals surface area contributed by atoms with E-state index in [-0.39, 0.29) is 17.9 Å². The van der Waals surface area contributed by atoms with Gasteiger partial charge in [-0.15, -0.1) is 5.10 Å². The van der Waals surface area contributed by atoms with Gasteiger partial charge in [0.1, 0.15) is 5.82 Å². The number of amides is 1. The van der Waals surface area contributed by atoms with Gasteiger partial charge in [-0.3, -0.25) is 4.79 Å². The molecule has 1 aliphatic heterocycles. The molecule has 0 unspecified atom stereocenters. The number of rotatable bonds is 4. The highest BCUT2D eigenvalue weighted by Crippen LogP contribution is 2.47. The van der Waals surface area contributed by atoms with Crippen molar-refractivity contribution in [3.8, 4) is 0 Å². The van der Waals surface area contributed by atoms with E-state index >= 15 is 0 Å². The lowest BCUT2D eigenvalue weighted by molar-refractivity contribution is -0.110. The maximum Gasteiger partial charge on any atom is 0.254 e. The Hall–Kier alpha value is -3.06. The van der Waals surface area contributed by atoms with Crippen LogP contribution in [0.5, 0.6) is 0 Å². The predicted molar refractivity (Wildman–Crippen MR) is 120 cm³/mol. The highest BCUT2D eigenvalue weighted by atomic mass is 16.3. The summed E-state index contributed by atoms with van der Waals surface area (Å²) in [4.78, 5) is 15.5. The van der Waals surface area contributed by atoms with E-state index in [2.05, 4.69) is 15.5 Å². The summed E-state index contributed by atoms with van der Waals surface area (Å²) in [6.07, 6.45) is 4.66. The van der Waals surface area contributed by atoms with Gasteiger partial charge in [-0.2, -0.15) is 0 Å². The van der Waals surface area contributed by atoms with Crippen molar-refractivity contribution in [3.63, 3.8) is 0 Å². The normalized spacial score (nSPS) is 25.4. The van der Waals surface area contributed by atoms with Crippen molar-refractivity contribution >= 4 is 5.91 Å². The molecule has 0 radical (unpaired) electrons. The molecule has 1 aliphatic carbocycles. The van der Waals surface area contributed by atoms with Crippen LogP contribution in [0.1, 0.15) is 59.4 Å². The third-order valence-corrected chi connectivity index (χ3v) is 7.26. The van der Waals surface area contributed by atoms with Crippen molar-refractivity contribution in [1.82, 2.24) is 25.1 Å². The Labute approximate surface area is 188 Å². The Morgan fingerprint density at radius 2 is 1.84 bits per heavy atom. The highest BCUT2D eigenvalue weighted by molar-refractivity contribution is 5.94. The largest absolute Gasteiger partial charge is 0.385 e. The molecule has 3 aromatic rings. The van der Waals surface area contributed by atoms with E-state index in [0.717, 1.165) is 42.6 Å². The van der Waals surface area contributed by atoms with Crippen LogP contribution in [0.15, 0.2) is 54.6 Å². The van der Waals surface area contributed by atoms with Gasteiger partial charge >= 0.3 is 0 Å². The van der Waals surface area contributed by atoms with Crippen LogP contribution in [0.3, 0.4) is 0 Å². The number of carbonyl (C=O) groups is 1. The zero-order valence-electron chi connectivity index (χ0n) is 18.4. The zero-order valence-corrected chi connectivity index (χ0v) is 18.4. The van der Waals surface area contributed by atoms with Crippen LogP contribution in [0.4, 0.5) is 0 Å². The summed E-state index contributed by atoms with van der Waals surface area (Å²) in [5, 5.41) is 23.3. The van der Waals surface area contributed by atoms with Gasteiger partial charge in [0.25, 0.3) is 5.91 Å². The summed E-state index contributed by atoms with van der Waals surface area (Å²) >= 11 is 0. The summed E-state index contributed by atoms with van der Waals surface area (Å²) in [6.45, 7) is 3.01. The number of aryl methyl sites for hydroxylation is 1. The zero-order chi connectivity index (χ0) is 22.1. The number of fused-ring (bicyclic) bond motifs is 1. The quantitative estimate of drug-likeness (QED) is 0.685. The lowest BCUT2D eigenvalue weighted by Gasteiger charge is -2.52. The first-order valence-electron chi connectivity index (χ1n) is 11.5. The Morgan fingerprint density at radius 1 is 1.09 bits per heavy atom. The third-order valence-electron chi connectivity index (χ3n) is 7.26. The van der Waals surface area contributed by atoms with Crippen molar-refractivity contribution in [3.05, 3.63) is 77.1 Å². The number of benzene rings is 2. The monoisotopic (exact) mass is 431 g/mol. The second-order valence-corrected chi connectivity index (χ2v) is 9.08. The minimum absolute atomic E-state index is 0.0576. The van der Waals surface area contributed by atoms with Crippen molar-refractivity contribution in [2.75, 3.05) is 6.54 Å². The fourth-order valence-electron chi connectivity index (χ4n) is 5.51. The molecule has 1 N–H and O–H groups in total. The lowest BCUT2D eigenvalue weighted by Crippen LogP contribution is -2.58. The van der Waals surface area contributed by atoms with E-state index in [1.807, 2.05) is 66.4 Å². The molecule has 2 fully saturated rings. The van der Waals surface area contributed by atoms with Gasteiger partial charge in [0.15, 0.2) is 0 Å². The van der Waals surface area contributed by atoms with E-state index in [1.165, 1.54) is 0 Å². The van der Waals surface area contributed by atoms with Crippen molar-refractivity contribution in [1.29, 1.82) is 0 Å². The molecule has 3 atom stereocenters. The van der Waals surface area contributed by atoms with Gasteiger partial charge in [-0.05, 0) is 59.9 Å². The highest BCUT2D eigenvalue weighted by Gasteiger charge is 2.50. The number of piperidine rings is 1. The van der Waals surface area contributed by atoms with E-state index in [4.69, 9.17) is 0 Å². The van der Waals surface area contributed by atoms with Crippen LogP contribution in [-0.4, -0.2) is 48.7 Å². The molecule has 166 valence electrons. The Kier molecular flexibility index (Phi) is 5.51. The standard InChI is InChI=1S/C25H29N5O2/c1-18-26-27-28-30(18)17-19-11-13-20(14-12-19)24(31)29-16-15-25(32,21-7-3-2-4-8-21)22-9-5-6-10-23(22)29/h2-4,7-8,11-14,22-23,32H,5-6,9-10,15-17H2,1H3/t22-,23+,25+/m0/s1. The molecule has 1 aromatic heterocycles. The summed E-state index contributed by atoms with van der Waals surface area (Å²) in [6, 6.07) is 17.8. The van der Waals surface area contributed by atoms with Crippen LogP contribution < -0.4 is 0 Å². The summed E-state index contributed by atoms with van der Waals surface area (Å²) in [7, 11) is 0. The van der Waals surface area contributed by atoms with Gasteiger partial charge in [-0.1, -0.05) is 55.3 Å². The fraction of sp³-hybridized carbons (Fsp3) is 0.440. The first kappa shape index (κ1) is 20.8. The molecule has 0 bridgehead atoms. The number of aliphatic hydroxyl groups is 1. The van der Waals surface area contributed by atoms with Gasteiger partial charge in [0.05, 0.1) is 12.1 Å². The van der Waals surface area contributed by atoms with Crippen LogP contribution in [-0.2, 0) is 12.1 Å². The maximum absolute atomic E-state index is 13.5. The van der Waals surface area contributed by atoms with Gasteiger partial charge < -0.3 is 10.0 Å². The molecule has 2 aromatic carbocycles. The molecular weight excluding hydrogens is 402 g/mol. The fourth-order valence-corrected chi connectivity index (χ4v) is 5.51. The van der Waals surface area contributed by atoms with E-state index < -0.39 is 5.60 Å². The third kappa shape index (κ3) is 3.71. The molecule has 5 rings (SSSR count). The van der Waals surface area contributed by atoms with E-state index in [1.54, 1.807) is 4.68 Å². The van der Waals surface area contributed by atoms with E-state index in [9.17, 15) is 9.90 Å². The van der Waals surface area contributed by atoms with Crippen LogP contribution in [0, 0.1) is 12.8 Å². The van der Waals surface area contributed by atoms with Crippen molar-refractivity contribution in [2.24, 2.45) is 5.92 Å². The molecule has 32 heavy (non-hydrogen) atoms. The lowest BCUT2D eigenvalue weighted by atomic mass is 9.66. The summed E-state index contributed by atoms with van der Waals surface area (Å²) < 4.78 is 1.73. The molecule has 0 spiro atoms. The molecule has 7 nitrogen and oxygen atoms in total. The van der Waals surface area contributed by atoms with Crippen LogP contribution in [0.2, 0.25) is 0 Å². The molecular formula is C25H29N5O2. The van der Waals surface area contributed by atoms with Crippen LogP contribution in [0.25, 0.3) is 0 Å². The minimum Gasteiger partial charge on any atom is -0.385 e. The van der Waals surface area contributed by atoms with Gasteiger partial charge in [0, 0.05) is 24.1 Å². The van der Waals surface area contributed by atoms with Crippen LogP contribution >= 0.6 is 0 Å². The number of hydrogen-bond donors (Lipinski definition) is 1. The number of likely N-dealkylation sites (tertiary alicyclic amines) is 1. The summed E-state index contributed by atoms with van der Waals surface area (Å²) in [5.74, 6) is 0.883. The molecule has 2 heterocycles. The van der Waals surface area contributed by atoms with Crippen molar-refractivity contribution < 1.29 is 9.90 Å². The number of nitrogens with zero attached hydrogens (tertiary/aromatic N) is 5. The SMILES string of the molecule is Cc1nnnn1Cc1ccc(C(=O)N2CC[C@@](O)(c3ccccc3)[C@H]3CCCC[C@H]32)cc1. The summed E-state index contributed by atoms with van der Waals surface area (Å²) in [5.41, 5.74) is 1.85. The molecule has 1 saturated heterocycles. The Balaban J connectivity index is 1.36. The van der Waals surface area contributed by atoms with Gasteiger partial charge in [0.2, 0.25) is 0 Å². The Bertz CT molecular complexity index is 1080. The first-order chi connectivity index (χ1) is 15.6. The topological polar surface area (TPSA) is 84.1 Å². The average molecular weight is 432 g/mol. The smallest absolute Gasteiger partial charge is 0.254 e. The van der Waals surface area contributed by atoms with Crippen molar-refractivity contribution in [2.45, 2.75) is 57.2 Å². The minimum atomic E-state index is -0.864. The number of aromatic nitrogens is 4. The second-order valence-electron chi connectivity index (χ2n) is 9.08. The molecule has 1 saturated carbocycles. The second kappa shape index (κ2) is 8.47. The molecule has 7 heteroatoms. The maximum atomic E-state index is 13.5. The first-order valence-corrected chi connectivity index (χ1v) is 11.5. The Morgan fingerprint density at radius 3 is 2.56 bits per heavy atom. The number of hydrogen-bond acceptors (Lipinski definition) is 5. The van der Waals surface area contributed by atoms with Gasteiger partial charge in [-0.25, -0.2) is 4.68 Å². The number of carbonyl (C=O) groups excluding carboxylic acids is 1.